The van der Waals surface area contributed by atoms with Crippen molar-refractivity contribution in [2.24, 2.45) is 0 Å². The van der Waals surface area contributed by atoms with E-state index in [1.807, 2.05) is 12.3 Å². The summed E-state index contributed by atoms with van der Waals surface area (Å²) in [6.07, 6.45) is 1.88. The van der Waals surface area contributed by atoms with Crippen LogP contribution in [-0.2, 0) is 0 Å². The third-order valence-electron chi connectivity index (χ3n) is 9.56. The van der Waals surface area contributed by atoms with Crippen molar-refractivity contribution in [3.63, 3.8) is 0 Å². The van der Waals surface area contributed by atoms with Crippen molar-refractivity contribution >= 4 is 54.5 Å². The average molecular weight is 613 g/mol. The summed E-state index contributed by atoms with van der Waals surface area (Å²) < 4.78 is 4.64. The van der Waals surface area contributed by atoms with Gasteiger partial charge in [0.05, 0.1) is 16.6 Å². The van der Waals surface area contributed by atoms with Crippen molar-refractivity contribution in [2.75, 3.05) is 0 Å². The first-order valence-corrected chi connectivity index (χ1v) is 16.3. The number of aromatic nitrogens is 4. The maximum Gasteiger partial charge on any atom is 0.145 e. The van der Waals surface area contributed by atoms with E-state index in [1.165, 1.54) is 21.5 Å². The summed E-state index contributed by atoms with van der Waals surface area (Å²) in [5.41, 5.74) is 9.79. The molecule has 3 aromatic heterocycles. The quantitative estimate of drug-likeness (QED) is 0.185. The highest BCUT2D eigenvalue weighted by atomic mass is 15.1. The van der Waals surface area contributed by atoms with E-state index in [9.17, 15) is 0 Å². The van der Waals surface area contributed by atoms with Crippen LogP contribution in [0.4, 0.5) is 0 Å². The van der Waals surface area contributed by atoms with Crippen molar-refractivity contribution < 1.29 is 0 Å². The lowest BCUT2D eigenvalue weighted by molar-refractivity contribution is 1.11. The Labute approximate surface area is 276 Å². The van der Waals surface area contributed by atoms with Gasteiger partial charge in [-0.2, -0.15) is 0 Å². The first-order valence-electron chi connectivity index (χ1n) is 16.3. The Morgan fingerprint density at radius 3 is 1.73 bits per heavy atom. The molecule has 0 atom stereocenters. The Balaban J connectivity index is 1.24. The molecule has 0 unspecified atom stereocenters. The van der Waals surface area contributed by atoms with Crippen LogP contribution in [0.2, 0.25) is 0 Å². The van der Waals surface area contributed by atoms with Crippen LogP contribution in [0, 0.1) is 0 Å². The van der Waals surface area contributed by atoms with Crippen molar-refractivity contribution in [3.05, 3.63) is 170 Å². The van der Waals surface area contributed by atoms with Gasteiger partial charge in [-0.25, -0.2) is 9.97 Å². The first kappa shape index (κ1) is 26.7. The van der Waals surface area contributed by atoms with Gasteiger partial charge in [-0.15, -0.1) is 0 Å². The fraction of sp³-hybridized carbons (Fsp3) is 0. The number of fused-ring (bicyclic) bond motifs is 9. The topological polar surface area (TPSA) is 35.6 Å². The number of rotatable bonds is 4. The molecule has 0 aliphatic carbocycles. The summed E-state index contributed by atoms with van der Waals surface area (Å²) in [7, 11) is 0. The summed E-state index contributed by atoms with van der Waals surface area (Å²) in [5.74, 6) is 0.928. The van der Waals surface area contributed by atoms with Gasteiger partial charge in [-0.05, 0) is 52.7 Å². The number of hydrogen-bond donors (Lipinski definition) is 0. The smallest absolute Gasteiger partial charge is 0.145 e. The Hall–Kier alpha value is -6.52. The molecular formula is C44H28N4. The third kappa shape index (κ3) is 3.90. The number of hydrogen-bond acceptors (Lipinski definition) is 2. The Bertz CT molecular complexity index is 2810. The molecule has 0 N–H and O–H groups in total. The standard InChI is InChI=1S/C44H28N4/c1-3-13-30(14-4-1)43-46-40-36-19-9-7-17-34(36)35-18-8-10-20-37(35)42(40)48(43)32-26-24-29(25-27-32)33-21-11-22-38-39-23-12-28-45-44(39)47(41(33)38)31-15-5-2-6-16-31/h1-28H. The predicted octanol–water partition coefficient (Wildman–Crippen LogP) is 11.2. The van der Waals surface area contributed by atoms with E-state index in [0.29, 0.717) is 0 Å². The maximum absolute atomic E-state index is 5.38. The second-order valence-electron chi connectivity index (χ2n) is 12.2. The zero-order valence-electron chi connectivity index (χ0n) is 26.0. The predicted molar refractivity (Wildman–Crippen MR) is 199 cm³/mol. The van der Waals surface area contributed by atoms with Crippen LogP contribution < -0.4 is 0 Å². The van der Waals surface area contributed by atoms with E-state index in [2.05, 4.69) is 167 Å². The molecule has 48 heavy (non-hydrogen) atoms. The Morgan fingerprint density at radius 2 is 0.958 bits per heavy atom. The summed E-state index contributed by atoms with van der Waals surface area (Å²) in [5, 5.41) is 7.13. The molecule has 0 bridgehead atoms. The zero-order chi connectivity index (χ0) is 31.6. The van der Waals surface area contributed by atoms with Crippen LogP contribution in [0.3, 0.4) is 0 Å². The molecule has 0 saturated carbocycles. The number of para-hydroxylation sites is 2. The minimum Gasteiger partial charge on any atom is -0.293 e. The van der Waals surface area contributed by atoms with E-state index >= 15 is 0 Å². The lowest BCUT2D eigenvalue weighted by Crippen LogP contribution is -1.99. The molecule has 4 heteroatoms. The van der Waals surface area contributed by atoms with Crippen molar-refractivity contribution in [1.82, 2.24) is 19.1 Å². The lowest BCUT2D eigenvalue weighted by atomic mass is 9.99. The van der Waals surface area contributed by atoms with Gasteiger partial charge in [0.1, 0.15) is 11.5 Å². The van der Waals surface area contributed by atoms with Crippen LogP contribution in [0.25, 0.3) is 88.4 Å². The second-order valence-corrected chi connectivity index (χ2v) is 12.2. The highest BCUT2D eigenvalue weighted by molar-refractivity contribution is 6.24. The average Bonchev–Trinajstić information content (AvgIpc) is 3.73. The third-order valence-corrected chi connectivity index (χ3v) is 9.56. The van der Waals surface area contributed by atoms with Gasteiger partial charge in [-0.3, -0.25) is 9.13 Å². The molecule has 7 aromatic carbocycles. The van der Waals surface area contributed by atoms with Crippen molar-refractivity contribution in [3.8, 4) is 33.9 Å². The molecule has 224 valence electrons. The van der Waals surface area contributed by atoms with Gasteiger partial charge in [0, 0.05) is 50.2 Å². The minimum absolute atomic E-state index is 0.928. The minimum atomic E-state index is 0.928. The van der Waals surface area contributed by atoms with E-state index in [0.717, 1.165) is 66.9 Å². The van der Waals surface area contributed by atoms with Crippen LogP contribution >= 0.6 is 0 Å². The number of benzene rings is 7. The van der Waals surface area contributed by atoms with Gasteiger partial charge in [0.2, 0.25) is 0 Å². The Kier molecular flexibility index (Phi) is 5.84. The summed E-state index contributed by atoms with van der Waals surface area (Å²) >= 11 is 0. The van der Waals surface area contributed by atoms with E-state index < -0.39 is 0 Å². The molecule has 10 aromatic rings. The van der Waals surface area contributed by atoms with E-state index in [-0.39, 0.29) is 0 Å². The molecule has 10 rings (SSSR count). The van der Waals surface area contributed by atoms with Crippen molar-refractivity contribution in [1.29, 1.82) is 0 Å². The molecule has 0 fully saturated rings. The fourth-order valence-electron chi connectivity index (χ4n) is 7.48. The molecule has 0 aliphatic rings. The maximum atomic E-state index is 5.38. The number of nitrogens with zero attached hydrogens (tertiary/aromatic N) is 4. The van der Waals surface area contributed by atoms with Gasteiger partial charge in [-0.1, -0.05) is 127 Å². The summed E-state index contributed by atoms with van der Waals surface area (Å²) in [4.78, 5) is 10.2. The normalized spacial score (nSPS) is 11.8. The largest absolute Gasteiger partial charge is 0.293 e. The van der Waals surface area contributed by atoms with Gasteiger partial charge >= 0.3 is 0 Å². The highest BCUT2D eigenvalue weighted by Crippen LogP contribution is 2.41. The zero-order valence-corrected chi connectivity index (χ0v) is 26.0. The summed E-state index contributed by atoms with van der Waals surface area (Å²) in [6.45, 7) is 0. The summed E-state index contributed by atoms with van der Waals surface area (Å²) in [6, 6.07) is 58.1. The van der Waals surface area contributed by atoms with Crippen LogP contribution in [0.15, 0.2) is 170 Å². The van der Waals surface area contributed by atoms with Crippen molar-refractivity contribution in [2.45, 2.75) is 0 Å². The second kappa shape index (κ2) is 10.5. The Morgan fingerprint density at radius 1 is 0.375 bits per heavy atom. The SMILES string of the molecule is c1ccc(-c2nc3c4ccccc4c4ccccc4c3n2-c2ccc(-c3cccc4c5cccnc5n(-c5ccccc5)c34)cc2)cc1. The van der Waals surface area contributed by atoms with Crippen LogP contribution in [0.1, 0.15) is 0 Å². The monoisotopic (exact) mass is 612 g/mol. The highest BCUT2D eigenvalue weighted by Gasteiger charge is 2.21. The van der Waals surface area contributed by atoms with Gasteiger partial charge in [0.15, 0.2) is 0 Å². The van der Waals surface area contributed by atoms with E-state index in [4.69, 9.17) is 9.97 Å². The van der Waals surface area contributed by atoms with Crippen LogP contribution in [-0.4, -0.2) is 19.1 Å². The van der Waals surface area contributed by atoms with Crippen LogP contribution in [0.5, 0.6) is 0 Å². The fourth-order valence-corrected chi connectivity index (χ4v) is 7.48. The molecule has 0 saturated heterocycles. The van der Waals surface area contributed by atoms with E-state index in [1.54, 1.807) is 0 Å². The number of imidazole rings is 1. The molecule has 0 amide bonds. The molecule has 0 aliphatic heterocycles. The molecular weight excluding hydrogens is 585 g/mol. The molecule has 4 nitrogen and oxygen atoms in total. The molecule has 0 spiro atoms. The first-order chi connectivity index (χ1) is 23.8. The number of pyridine rings is 1. The van der Waals surface area contributed by atoms with Gasteiger partial charge < -0.3 is 0 Å². The lowest BCUT2D eigenvalue weighted by Gasteiger charge is -2.14. The molecule has 0 radical (unpaired) electrons. The van der Waals surface area contributed by atoms with Gasteiger partial charge in [0.25, 0.3) is 0 Å². The molecule has 3 heterocycles.